The minimum atomic E-state index is -0.268. The maximum absolute atomic E-state index is 12.6. The van der Waals surface area contributed by atoms with Gasteiger partial charge in [-0.3, -0.25) is 9.78 Å². The number of methoxy groups -OCH3 is 1. The Bertz CT molecular complexity index is 1110. The zero-order valence-electron chi connectivity index (χ0n) is 12.8. The molecule has 0 atom stereocenters. The minimum Gasteiger partial charge on any atom is -0.497 e. The molecule has 4 rings (SSSR count). The van der Waals surface area contributed by atoms with E-state index in [1.807, 2.05) is 24.3 Å². The number of H-pyrrole nitrogens is 1. The lowest BCUT2D eigenvalue weighted by Gasteiger charge is -1.98. The van der Waals surface area contributed by atoms with Crippen LogP contribution in [0, 0.1) is 0 Å². The van der Waals surface area contributed by atoms with Gasteiger partial charge in [0.2, 0.25) is 0 Å². The molecule has 0 unspecified atom stereocenters. The van der Waals surface area contributed by atoms with Gasteiger partial charge in [-0.2, -0.15) is 9.78 Å². The Hall–Kier alpha value is -3.48. The second-order valence-corrected chi connectivity index (χ2v) is 5.19. The van der Waals surface area contributed by atoms with E-state index in [4.69, 9.17) is 4.74 Å². The molecule has 7 heteroatoms. The van der Waals surface area contributed by atoms with Crippen molar-refractivity contribution < 1.29 is 4.74 Å². The summed E-state index contributed by atoms with van der Waals surface area (Å²) in [5.74, 6) is 0.712. The van der Waals surface area contributed by atoms with Crippen LogP contribution in [-0.4, -0.2) is 33.0 Å². The Balaban J connectivity index is 1.84. The minimum absolute atomic E-state index is 0.268. The van der Waals surface area contributed by atoms with Gasteiger partial charge in [0.25, 0.3) is 5.56 Å². The van der Waals surface area contributed by atoms with Gasteiger partial charge >= 0.3 is 0 Å². The van der Waals surface area contributed by atoms with Crippen molar-refractivity contribution >= 4 is 28.2 Å². The van der Waals surface area contributed by atoms with Crippen molar-refractivity contribution in [3.05, 3.63) is 65.0 Å². The topological polar surface area (TPSA) is 85.2 Å². The lowest BCUT2D eigenvalue weighted by molar-refractivity contribution is 0.415. The smallest absolute Gasteiger partial charge is 0.298 e. The van der Waals surface area contributed by atoms with Crippen LogP contribution in [0.25, 0.3) is 21.9 Å². The number of fused-ring (bicyclic) bond motifs is 3. The molecule has 118 valence electrons. The van der Waals surface area contributed by atoms with Crippen LogP contribution in [0.3, 0.4) is 0 Å². The van der Waals surface area contributed by atoms with E-state index in [-0.39, 0.29) is 5.56 Å². The fraction of sp³-hybridized carbons (Fsp3) is 0.0588. The summed E-state index contributed by atoms with van der Waals surface area (Å²) in [7, 11) is 1.60. The van der Waals surface area contributed by atoms with E-state index in [1.165, 1.54) is 11.0 Å². The molecule has 0 aliphatic heterocycles. The molecular weight excluding hydrogens is 306 g/mol. The van der Waals surface area contributed by atoms with Gasteiger partial charge in [0.05, 0.1) is 18.8 Å². The van der Waals surface area contributed by atoms with Crippen LogP contribution in [0.15, 0.2) is 58.9 Å². The van der Waals surface area contributed by atoms with Crippen molar-refractivity contribution in [3.63, 3.8) is 0 Å². The zero-order valence-corrected chi connectivity index (χ0v) is 12.8. The summed E-state index contributed by atoms with van der Waals surface area (Å²) in [6, 6.07) is 9.20. The summed E-state index contributed by atoms with van der Waals surface area (Å²) in [6.45, 7) is 0. The molecule has 0 amide bonds. The Morgan fingerprint density at radius 2 is 2.25 bits per heavy atom. The lowest BCUT2D eigenvalue weighted by atomic mass is 10.2. The molecule has 24 heavy (non-hydrogen) atoms. The molecule has 0 spiro atoms. The van der Waals surface area contributed by atoms with Crippen LogP contribution in [0.1, 0.15) is 5.56 Å². The van der Waals surface area contributed by atoms with E-state index in [0.29, 0.717) is 16.8 Å². The van der Waals surface area contributed by atoms with E-state index in [9.17, 15) is 4.79 Å². The van der Waals surface area contributed by atoms with Gasteiger partial charge in [-0.1, -0.05) is 6.07 Å². The van der Waals surface area contributed by atoms with E-state index in [1.54, 1.807) is 31.8 Å². The van der Waals surface area contributed by atoms with Gasteiger partial charge in [-0.15, -0.1) is 0 Å². The van der Waals surface area contributed by atoms with Crippen LogP contribution in [0.5, 0.6) is 5.75 Å². The van der Waals surface area contributed by atoms with E-state index in [0.717, 1.165) is 16.5 Å². The maximum Gasteiger partial charge on any atom is 0.298 e. The number of rotatable bonds is 3. The highest BCUT2D eigenvalue weighted by atomic mass is 16.5. The molecular formula is C17H13N5O2. The van der Waals surface area contributed by atoms with Gasteiger partial charge in [0, 0.05) is 29.4 Å². The molecule has 4 aromatic rings. The summed E-state index contributed by atoms with van der Waals surface area (Å²) in [5.41, 5.74) is 2.35. The third-order valence-corrected chi connectivity index (χ3v) is 3.71. The van der Waals surface area contributed by atoms with E-state index >= 15 is 0 Å². The summed E-state index contributed by atoms with van der Waals surface area (Å²) in [4.78, 5) is 24.1. The first-order chi connectivity index (χ1) is 11.8. The third-order valence-electron chi connectivity index (χ3n) is 3.71. The van der Waals surface area contributed by atoms with Gasteiger partial charge in [-0.05, 0) is 18.2 Å². The summed E-state index contributed by atoms with van der Waals surface area (Å²) >= 11 is 0. The first kappa shape index (κ1) is 14.1. The SMILES string of the molecule is COc1ccc2c(c1)[nH]c1c(=O)n(/N=C\c3cccnc3)cnc12. The van der Waals surface area contributed by atoms with E-state index in [2.05, 4.69) is 20.1 Å². The van der Waals surface area contributed by atoms with Crippen molar-refractivity contribution in [1.29, 1.82) is 0 Å². The molecule has 0 aliphatic carbocycles. The summed E-state index contributed by atoms with van der Waals surface area (Å²) in [6.07, 6.45) is 6.31. The number of hydrogen-bond acceptors (Lipinski definition) is 5. The molecule has 0 saturated carbocycles. The summed E-state index contributed by atoms with van der Waals surface area (Å²) in [5, 5.41) is 5.03. The third kappa shape index (κ3) is 2.32. The number of nitrogens with one attached hydrogen (secondary N) is 1. The molecule has 0 fully saturated rings. The Morgan fingerprint density at radius 1 is 1.33 bits per heavy atom. The molecule has 1 N–H and O–H groups in total. The normalized spacial score (nSPS) is 11.5. The molecule has 3 aromatic heterocycles. The second kappa shape index (κ2) is 5.62. The molecule has 1 aromatic carbocycles. The van der Waals surface area contributed by atoms with Crippen LogP contribution in [-0.2, 0) is 0 Å². The number of hydrogen-bond donors (Lipinski definition) is 1. The highest BCUT2D eigenvalue weighted by molar-refractivity contribution is 6.04. The highest BCUT2D eigenvalue weighted by Gasteiger charge is 2.11. The molecule has 3 heterocycles. The van der Waals surface area contributed by atoms with Gasteiger partial charge in [0.15, 0.2) is 0 Å². The average Bonchev–Trinajstić information content (AvgIpc) is 3.00. The quantitative estimate of drug-likeness (QED) is 0.586. The van der Waals surface area contributed by atoms with Gasteiger partial charge in [-0.25, -0.2) is 4.98 Å². The van der Waals surface area contributed by atoms with Crippen molar-refractivity contribution in [2.45, 2.75) is 0 Å². The number of aromatic nitrogens is 4. The average molecular weight is 319 g/mol. The molecule has 7 nitrogen and oxygen atoms in total. The largest absolute Gasteiger partial charge is 0.497 e. The monoisotopic (exact) mass is 319 g/mol. The number of pyridine rings is 1. The predicted octanol–water partition coefficient (Wildman–Crippen LogP) is 2.16. The van der Waals surface area contributed by atoms with Crippen molar-refractivity contribution in [2.24, 2.45) is 5.10 Å². The standard InChI is InChI=1S/C17H13N5O2/c1-24-12-4-5-13-14(7-12)21-16-15(13)19-10-22(17(16)23)20-9-11-3-2-6-18-8-11/h2-10,21H,1H3/b20-9-. The Kier molecular flexibility index (Phi) is 3.31. The molecule has 0 aliphatic rings. The van der Waals surface area contributed by atoms with Crippen molar-refractivity contribution in [2.75, 3.05) is 7.11 Å². The van der Waals surface area contributed by atoms with Crippen molar-refractivity contribution in [3.8, 4) is 5.75 Å². The first-order valence-electron chi connectivity index (χ1n) is 7.28. The summed E-state index contributed by atoms with van der Waals surface area (Å²) < 4.78 is 6.40. The maximum atomic E-state index is 12.6. The van der Waals surface area contributed by atoms with E-state index < -0.39 is 0 Å². The lowest BCUT2D eigenvalue weighted by Crippen LogP contribution is -2.17. The van der Waals surface area contributed by atoms with Crippen molar-refractivity contribution in [1.82, 2.24) is 19.6 Å². The highest BCUT2D eigenvalue weighted by Crippen LogP contribution is 2.25. The van der Waals surface area contributed by atoms with Crippen LogP contribution in [0.4, 0.5) is 0 Å². The molecule has 0 saturated heterocycles. The number of ether oxygens (including phenoxy) is 1. The van der Waals surface area contributed by atoms with Gasteiger partial charge in [0.1, 0.15) is 23.1 Å². The second-order valence-electron chi connectivity index (χ2n) is 5.19. The van der Waals surface area contributed by atoms with Crippen LogP contribution in [0.2, 0.25) is 0 Å². The number of aromatic amines is 1. The Labute approximate surface area is 136 Å². The van der Waals surface area contributed by atoms with Crippen LogP contribution >= 0.6 is 0 Å². The number of nitrogens with zero attached hydrogens (tertiary/aromatic N) is 4. The fourth-order valence-corrected chi connectivity index (χ4v) is 2.52. The Morgan fingerprint density at radius 3 is 3.04 bits per heavy atom. The zero-order chi connectivity index (χ0) is 16.5. The van der Waals surface area contributed by atoms with Gasteiger partial charge < -0.3 is 9.72 Å². The number of benzene rings is 1. The first-order valence-corrected chi connectivity index (χ1v) is 7.28. The molecule has 0 bridgehead atoms. The van der Waals surface area contributed by atoms with Crippen LogP contribution < -0.4 is 10.3 Å². The molecule has 0 radical (unpaired) electrons. The fourth-order valence-electron chi connectivity index (χ4n) is 2.52. The predicted molar refractivity (Wildman–Crippen MR) is 91.6 cm³/mol.